The van der Waals surface area contributed by atoms with E-state index in [1.165, 1.54) is 0 Å². The second kappa shape index (κ2) is 5.75. The molecule has 108 valence electrons. The van der Waals surface area contributed by atoms with Crippen molar-refractivity contribution in [2.24, 2.45) is 7.05 Å². The molecule has 0 saturated carbocycles. The molecule has 0 spiro atoms. The van der Waals surface area contributed by atoms with Gasteiger partial charge in [0.25, 0.3) is 0 Å². The summed E-state index contributed by atoms with van der Waals surface area (Å²) in [7, 11) is 1.91. The molecular formula is C16H22FN3. The molecule has 0 saturated heterocycles. The van der Waals surface area contributed by atoms with Crippen LogP contribution in [-0.4, -0.2) is 15.8 Å². The summed E-state index contributed by atoms with van der Waals surface area (Å²) < 4.78 is 15.6. The van der Waals surface area contributed by atoms with Crippen LogP contribution in [0.3, 0.4) is 0 Å². The first kappa shape index (κ1) is 14.7. The van der Waals surface area contributed by atoms with E-state index in [4.69, 9.17) is 0 Å². The van der Waals surface area contributed by atoms with Gasteiger partial charge in [0.1, 0.15) is 5.82 Å². The molecule has 2 aromatic rings. The van der Waals surface area contributed by atoms with Crippen molar-refractivity contribution in [3.63, 3.8) is 0 Å². The third-order valence-electron chi connectivity index (χ3n) is 3.32. The van der Waals surface area contributed by atoms with E-state index in [1.54, 1.807) is 18.5 Å². The van der Waals surface area contributed by atoms with Crippen LogP contribution in [0.4, 0.5) is 4.39 Å². The van der Waals surface area contributed by atoms with E-state index in [1.807, 2.05) is 25.4 Å². The Hall–Kier alpha value is -1.68. The highest BCUT2D eigenvalue weighted by Gasteiger charge is 2.13. The van der Waals surface area contributed by atoms with Crippen LogP contribution in [-0.2, 0) is 13.6 Å². The zero-order valence-electron chi connectivity index (χ0n) is 12.8. The lowest BCUT2D eigenvalue weighted by Gasteiger charge is -2.09. The summed E-state index contributed by atoms with van der Waals surface area (Å²) >= 11 is 0. The summed E-state index contributed by atoms with van der Waals surface area (Å²) in [6.45, 7) is 8.57. The van der Waals surface area contributed by atoms with Crippen molar-refractivity contribution in [2.75, 3.05) is 0 Å². The largest absolute Gasteiger partial charge is 0.310 e. The van der Waals surface area contributed by atoms with Crippen LogP contribution >= 0.6 is 0 Å². The quantitative estimate of drug-likeness (QED) is 0.927. The van der Waals surface area contributed by atoms with Crippen LogP contribution in [0.1, 0.15) is 30.5 Å². The highest BCUT2D eigenvalue weighted by molar-refractivity contribution is 5.64. The van der Waals surface area contributed by atoms with Crippen LogP contribution in [0.15, 0.2) is 18.3 Å². The summed E-state index contributed by atoms with van der Waals surface area (Å²) in [5.74, 6) is -0.133. The second-order valence-corrected chi connectivity index (χ2v) is 5.64. The van der Waals surface area contributed by atoms with Crippen molar-refractivity contribution in [2.45, 2.75) is 40.3 Å². The normalized spacial score (nSPS) is 11.3. The molecule has 0 radical (unpaired) electrons. The highest BCUT2D eigenvalue weighted by Crippen LogP contribution is 2.26. The Morgan fingerprint density at radius 2 is 1.85 bits per heavy atom. The van der Waals surface area contributed by atoms with Crippen LogP contribution in [0.2, 0.25) is 0 Å². The van der Waals surface area contributed by atoms with E-state index in [0.717, 1.165) is 23.4 Å². The molecule has 2 rings (SSSR count). The zero-order chi connectivity index (χ0) is 14.9. The first-order chi connectivity index (χ1) is 9.38. The third kappa shape index (κ3) is 3.07. The molecule has 20 heavy (non-hydrogen) atoms. The molecule has 1 aromatic heterocycles. The van der Waals surface area contributed by atoms with E-state index >= 15 is 0 Å². The second-order valence-electron chi connectivity index (χ2n) is 5.64. The molecule has 0 aliphatic carbocycles. The molecular weight excluding hydrogens is 253 g/mol. The SMILES string of the molecule is Cc1cc(-c2nn(C)cc2CNC(C)C)cc(C)c1F. The molecule has 0 aliphatic rings. The van der Waals surface area contributed by atoms with E-state index in [0.29, 0.717) is 17.2 Å². The molecule has 1 heterocycles. The van der Waals surface area contributed by atoms with Gasteiger partial charge in [-0.2, -0.15) is 5.10 Å². The number of rotatable bonds is 4. The van der Waals surface area contributed by atoms with Gasteiger partial charge in [0.2, 0.25) is 0 Å². The predicted molar refractivity (Wildman–Crippen MR) is 80.1 cm³/mol. The number of nitrogens with one attached hydrogen (secondary N) is 1. The van der Waals surface area contributed by atoms with Crippen molar-refractivity contribution < 1.29 is 4.39 Å². The van der Waals surface area contributed by atoms with Gasteiger partial charge < -0.3 is 5.32 Å². The van der Waals surface area contributed by atoms with Crippen LogP contribution in [0, 0.1) is 19.7 Å². The summed E-state index contributed by atoms with van der Waals surface area (Å²) in [4.78, 5) is 0. The Morgan fingerprint density at radius 1 is 1.25 bits per heavy atom. The smallest absolute Gasteiger partial charge is 0.129 e. The van der Waals surface area contributed by atoms with Gasteiger partial charge in [-0.3, -0.25) is 4.68 Å². The number of benzene rings is 1. The minimum Gasteiger partial charge on any atom is -0.310 e. The van der Waals surface area contributed by atoms with Crippen molar-refractivity contribution in [3.05, 3.63) is 40.8 Å². The molecule has 0 unspecified atom stereocenters. The molecule has 0 aliphatic heterocycles. The van der Waals surface area contributed by atoms with Crippen molar-refractivity contribution >= 4 is 0 Å². The molecule has 1 aromatic carbocycles. The summed E-state index contributed by atoms with van der Waals surface area (Å²) in [6, 6.07) is 4.15. The summed E-state index contributed by atoms with van der Waals surface area (Å²) in [5, 5.41) is 7.92. The van der Waals surface area contributed by atoms with Crippen molar-refractivity contribution in [1.82, 2.24) is 15.1 Å². The lowest BCUT2D eigenvalue weighted by molar-refractivity contribution is 0.589. The number of hydrogen-bond donors (Lipinski definition) is 1. The van der Waals surface area contributed by atoms with Gasteiger partial charge in [-0.1, -0.05) is 13.8 Å². The number of aryl methyl sites for hydroxylation is 3. The Morgan fingerprint density at radius 3 is 2.40 bits per heavy atom. The van der Waals surface area contributed by atoms with E-state index < -0.39 is 0 Å². The maximum atomic E-state index is 13.7. The fourth-order valence-corrected chi connectivity index (χ4v) is 2.31. The summed E-state index contributed by atoms with van der Waals surface area (Å²) in [6.07, 6.45) is 2.01. The minimum absolute atomic E-state index is 0.133. The molecule has 1 N–H and O–H groups in total. The third-order valence-corrected chi connectivity index (χ3v) is 3.32. The fourth-order valence-electron chi connectivity index (χ4n) is 2.31. The average Bonchev–Trinajstić information content (AvgIpc) is 2.74. The van der Waals surface area contributed by atoms with Gasteiger partial charge in [0, 0.05) is 37.0 Å². The first-order valence-corrected chi connectivity index (χ1v) is 6.91. The zero-order valence-corrected chi connectivity index (χ0v) is 12.8. The van der Waals surface area contributed by atoms with Gasteiger partial charge in [0.15, 0.2) is 0 Å². The monoisotopic (exact) mass is 275 g/mol. The molecule has 0 fully saturated rings. The number of nitrogens with zero attached hydrogens (tertiary/aromatic N) is 2. The van der Waals surface area contributed by atoms with Crippen molar-refractivity contribution in [3.8, 4) is 11.3 Å². The number of halogens is 1. The molecule has 3 nitrogen and oxygen atoms in total. The Balaban J connectivity index is 2.42. The molecule has 0 bridgehead atoms. The van der Waals surface area contributed by atoms with Crippen LogP contribution in [0.5, 0.6) is 0 Å². The summed E-state index contributed by atoms with van der Waals surface area (Å²) in [5.41, 5.74) is 4.35. The minimum atomic E-state index is -0.133. The standard InChI is InChI=1S/C16H22FN3/c1-10(2)18-8-14-9-20(5)19-16(14)13-6-11(3)15(17)12(4)7-13/h6-7,9-10,18H,8H2,1-5H3. The van der Waals surface area contributed by atoms with Gasteiger partial charge >= 0.3 is 0 Å². The number of hydrogen-bond acceptors (Lipinski definition) is 2. The van der Waals surface area contributed by atoms with E-state index in [9.17, 15) is 4.39 Å². The number of aromatic nitrogens is 2. The van der Waals surface area contributed by atoms with Gasteiger partial charge in [-0.05, 0) is 37.1 Å². The van der Waals surface area contributed by atoms with Crippen molar-refractivity contribution in [1.29, 1.82) is 0 Å². The van der Waals surface area contributed by atoms with Gasteiger partial charge in [-0.15, -0.1) is 0 Å². The Bertz CT molecular complexity index is 591. The van der Waals surface area contributed by atoms with Gasteiger partial charge in [-0.25, -0.2) is 4.39 Å². The topological polar surface area (TPSA) is 29.9 Å². The van der Waals surface area contributed by atoms with E-state index in [2.05, 4.69) is 24.3 Å². The maximum absolute atomic E-state index is 13.7. The molecule has 0 atom stereocenters. The van der Waals surface area contributed by atoms with Crippen LogP contribution < -0.4 is 5.32 Å². The Kier molecular flexibility index (Phi) is 4.23. The maximum Gasteiger partial charge on any atom is 0.129 e. The highest BCUT2D eigenvalue weighted by atomic mass is 19.1. The first-order valence-electron chi connectivity index (χ1n) is 6.91. The predicted octanol–water partition coefficient (Wildman–Crippen LogP) is 3.34. The van der Waals surface area contributed by atoms with E-state index in [-0.39, 0.29) is 5.82 Å². The molecule has 0 amide bonds. The fraction of sp³-hybridized carbons (Fsp3) is 0.438. The van der Waals surface area contributed by atoms with Gasteiger partial charge in [0.05, 0.1) is 5.69 Å². The lowest BCUT2D eigenvalue weighted by Crippen LogP contribution is -2.21. The average molecular weight is 275 g/mol. The van der Waals surface area contributed by atoms with Crippen LogP contribution in [0.25, 0.3) is 11.3 Å². The lowest BCUT2D eigenvalue weighted by atomic mass is 10.0. The molecule has 4 heteroatoms. The Labute approximate surface area is 119 Å².